The van der Waals surface area contributed by atoms with Crippen LogP contribution in [0.3, 0.4) is 0 Å². The third-order valence-electron chi connectivity index (χ3n) is 1.93. The van der Waals surface area contributed by atoms with E-state index in [1.807, 2.05) is 0 Å². The lowest BCUT2D eigenvalue weighted by Crippen LogP contribution is -2.28. The van der Waals surface area contributed by atoms with E-state index >= 15 is 0 Å². The van der Waals surface area contributed by atoms with Gasteiger partial charge in [-0.2, -0.15) is 0 Å². The Morgan fingerprint density at radius 2 is 2.18 bits per heavy atom. The Labute approximate surface area is 81.8 Å². The van der Waals surface area contributed by atoms with Crippen molar-refractivity contribution in [1.82, 2.24) is 0 Å². The molecule has 1 saturated heterocycles. The Bertz CT molecular complexity index is 108. The second-order valence-electron chi connectivity index (χ2n) is 2.84. The van der Waals surface area contributed by atoms with Crippen LogP contribution in [0.1, 0.15) is 25.7 Å². The van der Waals surface area contributed by atoms with Gasteiger partial charge >= 0.3 is 0 Å². The minimum Gasteiger partial charge on any atom is -0.355 e. The molecule has 0 N–H and O–H groups in total. The summed E-state index contributed by atoms with van der Waals surface area (Å²) in [5, 5.41) is 0. The SMILES string of the molecule is COC1OCCCCCC1I. The van der Waals surface area contributed by atoms with Crippen LogP contribution in [-0.2, 0) is 9.47 Å². The first kappa shape index (κ1) is 9.74. The van der Waals surface area contributed by atoms with Gasteiger partial charge in [-0.3, -0.25) is 0 Å². The first-order valence-electron chi connectivity index (χ1n) is 4.13. The predicted octanol–water partition coefficient (Wildman–Crippen LogP) is 2.35. The Morgan fingerprint density at radius 3 is 2.91 bits per heavy atom. The summed E-state index contributed by atoms with van der Waals surface area (Å²) >= 11 is 2.41. The van der Waals surface area contributed by atoms with Gasteiger partial charge < -0.3 is 9.47 Å². The van der Waals surface area contributed by atoms with E-state index in [0.29, 0.717) is 3.92 Å². The normalized spacial score (nSPS) is 34.4. The van der Waals surface area contributed by atoms with Crippen molar-refractivity contribution < 1.29 is 9.47 Å². The lowest BCUT2D eigenvalue weighted by Gasteiger charge is -2.23. The molecule has 1 aliphatic rings. The molecule has 3 heteroatoms. The Morgan fingerprint density at radius 1 is 1.36 bits per heavy atom. The van der Waals surface area contributed by atoms with E-state index < -0.39 is 0 Å². The largest absolute Gasteiger partial charge is 0.355 e. The number of hydrogen-bond donors (Lipinski definition) is 0. The van der Waals surface area contributed by atoms with Gasteiger partial charge in [0, 0.05) is 13.7 Å². The van der Waals surface area contributed by atoms with E-state index in [4.69, 9.17) is 9.47 Å². The number of halogens is 1. The van der Waals surface area contributed by atoms with Crippen molar-refractivity contribution in [3.63, 3.8) is 0 Å². The van der Waals surface area contributed by atoms with Gasteiger partial charge in [0.25, 0.3) is 0 Å². The molecule has 1 rings (SSSR count). The van der Waals surface area contributed by atoms with Gasteiger partial charge in [-0.1, -0.05) is 35.4 Å². The number of hydrogen-bond acceptors (Lipinski definition) is 2. The second-order valence-corrected chi connectivity index (χ2v) is 4.44. The number of rotatable bonds is 1. The van der Waals surface area contributed by atoms with Crippen molar-refractivity contribution in [2.45, 2.75) is 35.9 Å². The highest BCUT2D eigenvalue weighted by molar-refractivity contribution is 14.1. The fourth-order valence-electron chi connectivity index (χ4n) is 1.27. The van der Waals surface area contributed by atoms with Crippen LogP contribution in [0.4, 0.5) is 0 Å². The first-order chi connectivity index (χ1) is 5.34. The average molecular weight is 270 g/mol. The van der Waals surface area contributed by atoms with Crippen LogP contribution in [0.15, 0.2) is 0 Å². The molecule has 0 aromatic rings. The molecule has 66 valence electrons. The molecule has 0 radical (unpaired) electrons. The van der Waals surface area contributed by atoms with Gasteiger partial charge in [0.05, 0.1) is 3.92 Å². The third-order valence-corrected chi connectivity index (χ3v) is 3.14. The molecule has 0 spiro atoms. The standard InChI is InChI=1S/C8H15IO2/c1-10-8-7(9)5-3-2-4-6-11-8/h7-8H,2-6H2,1H3. The maximum absolute atomic E-state index is 5.51. The number of alkyl halides is 1. The smallest absolute Gasteiger partial charge is 0.168 e. The minimum absolute atomic E-state index is 0.0240. The van der Waals surface area contributed by atoms with Crippen LogP contribution >= 0.6 is 22.6 Å². The predicted molar refractivity (Wildman–Crippen MR) is 53.0 cm³/mol. The van der Waals surface area contributed by atoms with Crippen molar-refractivity contribution in [1.29, 1.82) is 0 Å². The molecule has 2 atom stereocenters. The zero-order chi connectivity index (χ0) is 8.10. The summed E-state index contributed by atoms with van der Waals surface area (Å²) in [5.41, 5.74) is 0. The highest BCUT2D eigenvalue weighted by Gasteiger charge is 2.19. The van der Waals surface area contributed by atoms with Crippen molar-refractivity contribution in [3.05, 3.63) is 0 Å². The molecule has 0 aromatic heterocycles. The zero-order valence-corrected chi connectivity index (χ0v) is 9.04. The van der Waals surface area contributed by atoms with Gasteiger partial charge in [-0.15, -0.1) is 0 Å². The van der Waals surface area contributed by atoms with Gasteiger partial charge in [0.15, 0.2) is 6.29 Å². The quantitative estimate of drug-likeness (QED) is 0.538. The fraction of sp³-hybridized carbons (Fsp3) is 1.00. The molecule has 2 nitrogen and oxygen atoms in total. The maximum atomic E-state index is 5.51. The molecule has 1 fully saturated rings. The molecule has 1 heterocycles. The Hall–Kier alpha value is 0.650. The zero-order valence-electron chi connectivity index (χ0n) is 6.88. The van der Waals surface area contributed by atoms with E-state index in [0.717, 1.165) is 6.61 Å². The summed E-state index contributed by atoms with van der Waals surface area (Å²) in [6.07, 6.45) is 5.05. The molecule has 1 aliphatic heterocycles. The van der Waals surface area contributed by atoms with Crippen LogP contribution in [-0.4, -0.2) is 23.9 Å². The Balaban J connectivity index is 2.33. The molecular weight excluding hydrogens is 255 g/mol. The van der Waals surface area contributed by atoms with Gasteiger partial charge in [0.2, 0.25) is 0 Å². The summed E-state index contributed by atoms with van der Waals surface area (Å²) < 4.78 is 11.2. The van der Waals surface area contributed by atoms with Crippen molar-refractivity contribution >= 4 is 22.6 Å². The lowest BCUT2D eigenvalue weighted by molar-refractivity contribution is -0.125. The maximum Gasteiger partial charge on any atom is 0.168 e. The van der Waals surface area contributed by atoms with E-state index in [1.165, 1.54) is 25.7 Å². The van der Waals surface area contributed by atoms with Crippen LogP contribution in [0.25, 0.3) is 0 Å². The van der Waals surface area contributed by atoms with Crippen molar-refractivity contribution in [2.24, 2.45) is 0 Å². The van der Waals surface area contributed by atoms with Crippen LogP contribution in [0.5, 0.6) is 0 Å². The van der Waals surface area contributed by atoms with Gasteiger partial charge in [-0.05, 0) is 12.8 Å². The molecule has 0 saturated carbocycles. The second kappa shape index (κ2) is 5.32. The van der Waals surface area contributed by atoms with E-state index in [9.17, 15) is 0 Å². The number of methoxy groups -OCH3 is 1. The highest BCUT2D eigenvalue weighted by Crippen LogP contribution is 2.21. The lowest BCUT2D eigenvalue weighted by atomic mass is 10.1. The Kier molecular flexibility index (Phi) is 4.71. The summed E-state index contributed by atoms with van der Waals surface area (Å²) in [4.78, 5) is 0. The topological polar surface area (TPSA) is 18.5 Å². The molecule has 0 aliphatic carbocycles. The first-order valence-corrected chi connectivity index (χ1v) is 5.37. The van der Waals surface area contributed by atoms with Crippen molar-refractivity contribution in [3.8, 4) is 0 Å². The molecule has 2 unspecified atom stereocenters. The molecule has 0 aromatic carbocycles. The molecular formula is C8H15IO2. The summed E-state index contributed by atoms with van der Waals surface area (Å²) in [6.45, 7) is 0.859. The van der Waals surface area contributed by atoms with E-state index in [2.05, 4.69) is 22.6 Å². The van der Waals surface area contributed by atoms with Crippen LogP contribution < -0.4 is 0 Å². The average Bonchev–Trinajstić information content (AvgIpc) is 1.98. The van der Waals surface area contributed by atoms with Crippen molar-refractivity contribution in [2.75, 3.05) is 13.7 Å². The molecule has 0 bridgehead atoms. The third kappa shape index (κ3) is 3.25. The highest BCUT2D eigenvalue weighted by atomic mass is 127. The van der Waals surface area contributed by atoms with Crippen LogP contribution in [0, 0.1) is 0 Å². The van der Waals surface area contributed by atoms with E-state index in [-0.39, 0.29) is 6.29 Å². The summed E-state index contributed by atoms with van der Waals surface area (Å²) in [6, 6.07) is 0. The monoisotopic (exact) mass is 270 g/mol. The fourth-order valence-corrected chi connectivity index (χ4v) is 2.22. The summed E-state index contributed by atoms with van der Waals surface area (Å²) in [5.74, 6) is 0. The number of ether oxygens (including phenoxy) is 2. The summed E-state index contributed by atoms with van der Waals surface area (Å²) in [7, 11) is 1.72. The van der Waals surface area contributed by atoms with Crippen LogP contribution in [0.2, 0.25) is 0 Å². The van der Waals surface area contributed by atoms with E-state index in [1.54, 1.807) is 7.11 Å². The van der Waals surface area contributed by atoms with Gasteiger partial charge in [-0.25, -0.2) is 0 Å². The van der Waals surface area contributed by atoms with Gasteiger partial charge in [0.1, 0.15) is 0 Å². The molecule has 11 heavy (non-hydrogen) atoms. The molecule has 0 amide bonds. The minimum atomic E-state index is 0.0240.